The third kappa shape index (κ3) is 7.43. The average Bonchev–Trinajstić information content (AvgIpc) is 3.13. The Morgan fingerprint density at radius 1 is 1.29 bits per heavy atom. The van der Waals surface area contributed by atoms with Gasteiger partial charge >= 0.3 is 0 Å². The molecule has 0 saturated carbocycles. The van der Waals surface area contributed by atoms with Crippen LogP contribution in [0.1, 0.15) is 64.8 Å². The van der Waals surface area contributed by atoms with Crippen molar-refractivity contribution >= 4 is 5.96 Å². The first-order valence-corrected chi connectivity index (χ1v) is 10.9. The van der Waals surface area contributed by atoms with E-state index in [9.17, 15) is 0 Å². The number of guanidine groups is 1. The van der Waals surface area contributed by atoms with Crippen LogP contribution < -0.4 is 10.6 Å². The smallest absolute Gasteiger partial charge is 0.191 e. The van der Waals surface area contributed by atoms with E-state index < -0.39 is 0 Å². The number of aromatic nitrogens is 1. The van der Waals surface area contributed by atoms with Gasteiger partial charge in [-0.3, -0.25) is 4.90 Å². The highest BCUT2D eigenvalue weighted by atomic mass is 16.5. The summed E-state index contributed by atoms with van der Waals surface area (Å²) in [6.45, 7) is 16.9. The van der Waals surface area contributed by atoms with Gasteiger partial charge in [-0.2, -0.15) is 0 Å². The Bertz CT molecular complexity index is 583. The number of hydrogen-bond donors (Lipinski definition) is 2. The van der Waals surface area contributed by atoms with E-state index in [0.717, 1.165) is 69.6 Å². The minimum atomic E-state index is 0.183. The highest BCUT2D eigenvalue weighted by molar-refractivity contribution is 5.79. The maximum atomic E-state index is 5.92. The average molecular weight is 394 g/mol. The van der Waals surface area contributed by atoms with E-state index in [1.807, 2.05) is 6.07 Å². The monoisotopic (exact) mass is 393 g/mol. The molecule has 0 amide bonds. The van der Waals surface area contributed by atoms with Gasteiger partial charge in [0.05, 0.1) is 18.4 Å². The van der Waals surface area contributed by atoms with Crippen LogP contribution in [-0.4, -0.2) is 61.5 Å². The molecule has 0 aromatic carbocycles. The van der Waals surface area contributed by atoms with E-state index in [0.29, 0.717) is 18.4 Å². The number of nitrogens with one attached hydrogen (secondary N) is 2. The molecule has 7 nitrogen and oxygen atoms in total. The van der Waals surface area contributed by atoms with Crippen LogP contribution in [-0.2, 0) is 11.3 Å². The van der Waals surface area contributed by atoms with Crippen molar-refractivity contribution in [3.8, 4) is 0 Å². The molecule has 0 radical (unpaired) electrons. The Morgan fingerprint density at radius 3 is 2.75 bits per heavy atom. The van der Waals surface area contributed by atoms with Gasteiger partial charge in [-0.05, 0) is 25.7 Å². The molecule has 1 saturated heterocycles. The van der Waals surface area contributed by atoms with Crippen molar-refractivity contribution in [2.24, 2.45) is 10.9 Å². The molecule has 1 fully saturated rings. The van der Waals surface area contributed by atoms with Crippen LogP contribution in [0.15, 0.2) is 15.6 Å². The van der Waals surface area contributed by atoms with Gasteiger partial charge in [0, 0.05) is 44.7 Å². The molecule has 7 heteroatoms. The number of morpholine rings is 1. The summed E-state index contributed by atoms with van der Waals surface area (Å²) in [7, 11) is 0. The largest absolute Gasteiger partial charge is 0.374 e. The second kappa shape index (κ2) is 12.1. The fourth-order valence-corrected chi connectivity index (χ4v) is 3.60. The van der Waals surface area contributed by atoms with E-state index in [2.05, 4.69) is 60.3 Å². The van der Waals surface area contributed by atoms with Gasteiger partial charge in [0.15, 0.2) is 11.7 Å². The second-order valence-electron chi connectivity index (χ2n) is 7.95. The molecule has 1 aromatic heterocycles. The van der Waals surface area contributed by atoms with E-state index in [4.69, 9.17) is 9.26 Å². The summed E-state index contributed by atoms with van der Waals surface area (Å²) < 4.78 is 11.4. The molecule has 1 aromatic rings. The molecule has 28 heavy (non-hydrogen) atoms. The third-order valence-corrected chi connectivity index (χ3v) is 5.06. The predicted octanol–water partition coefficient (Wildman–Crippen LogP) is 2.99. The Balaban J connectivity index is 1.86. The van der Waals surface area contributed by atoms with Crippen LogP contribution in [0.3, 0.4) is 0 Å². The number of nitrogens with zero attached hydrogens (tertiary/aromatic N) is 3. The van der Waals surface area contributed by atoms with Crippen molar-refractivity contribution < 1.29 is 9.26 Å². The van der Waals surface area contributed by atoms with Gasteiger partial charge in [0.1, 0.15) is 6.54 Å². The molecular formula is C21H39N5O2. The van der Waals surface area contributed by atoms with Crippen molar-refractivity contribution in [1.29, 1.82) is 0 Å². The summed E-state index contributed by atoms with van der Waals surface area (Å²) in [5.41, 5.74) is 1.04. The lowest BCUT2D eigenvalue weighted by molar-refractivity contribution is -0.0284. The number of rotatable bonds is 10. The highest BCUT2D eigenvalue weighted by Crippen LogP contribution is 2.22. The molecule has 1 aliphatic heterocycles. The molecule has 2 heterocycles. The normalized spacial score (nSPS) is 18.8. The van der Waals surface area contributed by atoms with Gasteiger partial charge in [-0.1, -0.05) is 32.9 Å². The second-order valence-corrected chi connectivity index (χ2v) is 7.95. The van der Waals surface area contributed by atoms with Gasteiger partial charge in [0.25, 0.3) is 0 Å². The Kier molecular flexibility index (Phi) is 9.78. The Hall–Kier alpha value is -1.60. The van der Waals surface area contributed by atoms with Crippen LogP contribution in [0.5, 0.6) is 0 Å². The van der Waals surface area contributed by atoms with Gasteiger partial charge in [0.2, 0.25) is 0 Å². The van der Waals surface area contributed by atoms with Crippen molar-refractivity contribution in [2.45, 2.75) is 66.0 Å². The van der Waals surface area contributed by atoms with E-state index >= 15 is 0 Å². The molecule has 2 N–H and O–H groups in total. The number of hydrogen-bond acceptors (Lipinski definition) is 5. The van der Waals surface area contributed by atoms with Gasteiger partial charge < -0.3 is 19.9 Å². The quantitative estimate of drug-likeness (QED) is 0.470. The summed E-state index contributed by atoms with van der Waals surface area (Å²) in [5.74, 6) is 2.73. The molecule has 1 aliphatic rings. The minimum absolute atomic E-state index is 0.183. The van der Waals surface area contributed by atoms with Gasteiger partial charge in [-0.15, -0.1) is 0 Å². The molecule has 160 valence electrons. The van der Waals surface area contributed by atoms with Crippen LogP contribution in [0.25, 0.3) is 0 Å². The molecule has 2 rings (SSSR count). The fourth-order valence-electron chi connectivity index (χ4n) is 3.60. The highest BCUT2D eigenvalue weighted by Gasteiger charge is 2.21. The Labute approximate surface area is 170 Å². The lowest BCUT2D eigenvalue weighted by atomic mass is 9.99. The third-order valence-electron chi connectivity index (χ3n) is 5.06. The van der Waals surface area contributed by atoms with Crippen molar-refractivity contribution in [1.82, 2.24) is 20.7 Å². The maximum Gasteiger partial charge on any atom is 0.191 e. The standard InChI is InChI=1S/C21H39N5O2/c1-6-17(7-2)20-11-18(28-25-20)12-23-21(22-8-3)24-13-19-15-26(9-10-27-19)14-16(4)5/h11,16-17,19H,6-10,12-15H2,1-5H3,(H2,22,23,24). The van der Waals surface area contributed by atoms with Crippen molar-refractivity contribution in [3.63, 3.8) is 0 Å². The summed E-state index contributed by atoms with van der Waals surface area (Å²) in [4.78, 5) is 7.14. The first kappa shape index (κ1) is 22.7. The lowest BCUT2D eigenvalue weighted by Crippen LogP contribution is -2.50. The first-order valence-electron chi connectivity index (χ1n) is 10.9. The van der Waals surface area contributed by atoms with Crippen LogP contribution in [0.4, 0.5) is 0 Å². The lowest BCUT2D eigenvalue weighted by Gasteiger charge is -2.34. The maximum absolute atomic E-state index is 5.92. The summed E-state index contributed by atoms with van der Waals surface area (Å²) in [6, 6.07) is 2.04. The summed E-state index contributed by atoms with van der Waals surface area (Å²) in [5, 5.41) is 10.9. The molecule has 0 aliphatic carbocycles. The molecule has 0 spiro atoms. The van der Waals surface area contributed by atoms with E-state index in [-0.39, 0.29) is 6.10 Å². The fraction of sp³-hybridized carbons (Fsp3) is 0.810. The summed E-state index contributed by atoms with van der Waals surface area (Å²) in [6.07, 6.45) is 2.33. The first-order chi connectivity index (χ1) is 13.5. The number of aliphatic imine (C=N–C) groups is 1. The predicted molar refractivity (Wildman–Crippen MR) is 114 cm³/mol. The minimum Gasteiger partial charge on any atom is -0.374 e. The zero-order valence-electron chi connectivity index (χ0n) is 18.3. The van der Waals surface area contributed by atoms with E-state index in [1.165, 1.54) is 0 Å². The topological polar surface area (TPSA) is 74.9 Å². The zero-order chi connectivity index (χ0) is 20.4. The number of ether oxygens (including phenoxy) is 1. The molecular weight excluding hydrogens is 354 g/mol. The zero-order valence-corrected chi connectivity index (χ0v) is 18.3. The van der Waals surface area contributed by atoms with Crippen LogP contribution in [0, 0.1) is 5.92 Å². The van der Waals surface area contributed by atoms with Crippen molar-refractivity contribution in [3.05, 3.63) is 17.5 Å². The molecule has 0 bridgehead atoms. The summed E-state index contributed by atoms with van der Waals surface area (Å²) >= 11 is 0. The SMILES string of the molecule is CCNC(=NCc1cc(C(CC)CC)no1)NCC1CN(CC(C)C)CCO1. The van der Waals surface area contributed by atoms with Crippen LogP contribution in [0.2, 0.25) is 0 Å². The van der Waals surface area contributed by atoms with E-state index in [1.54, 1.807) is 0 Å². The Morgan fingerprint density at radius 2 is 2.07 bits per heavy atom. The molecule has 1 unspecified atom stereocenters. The molecule has 1 atom stereocenters. The van der Waals surface area contributed by atoms with Crippen LogP contribution >= 0.6 is 0 Å². The van der Waals surface area contributed by atoms with Gasteiger partial charge in [-0.25, -0.2) is 4.99 Å². The van der Waals surface area contributed by atoms with Crippen molar-refractivity contribution in [2.75, 3.05) is 39.3 Å².